The number of hydrogen-bond acceptors (Lipinski definition) is 8. The van der Waals surface area contributed by atoms with Crippen molar-refractivity contribution in [3.05, 3.63) is 29.1 Å². The molecule has 208 valence electrons. The van der Waals surface area contributed by atoms with Crippen molar-refractivity contribution in [2.75, 3.05) is 45.3 Å². The van der Waals surface area contributed by atoms with Crippen molar-refractivity contribution < 1.29 is 18.7 Å². The molecular weight excluding hydrogens is 491 g/mol. The summed E-state index contributed by atoms with van der Waals surface area (Å²) in [6.07, 6.45) is 3.33. The maximum atomic E-state index is 14.5. The molecule has 2 N–H and O–H groups in total. The second-order valence-corrected chi connectivity index (χ2v) is 11.3. The molecule has 0 unspecified atom stereocenters. The van der Waals surface area contributed by atoms with Crippen molar-refractivity contribution in [2.24, 2.45) is 5.92 Å². The number of H-pyrrole nitrogens is 1. The molecule has 2 atom stereocenters. The van der Waals surface area contributed by atoms with Crippen LogP contribution in [0.1, 0.15) is 57.6 Å². The summed E-state index contributed by atoms with van der Waals surface area (Å²) in [5.41, 5.74) is 1.06. The minimum absolute atomic E-state index is 0.00575. The van der Waals surface area contributed by atoms with Gasteiger partial charge in [-0.1, -0.05) is 0 Å². The number of rotatable bonds is 6. The molecule has 0 bridgehead atoms. The average Bonchev–Trinajstić information content (AvgIpc) is 3.41. The number of carbonyl (C=O) groups is 1. The molecule has 2 aromatic heterocycles. The highest BCUT2D eigenvalue weighted by Crippen LogP contribution is 2.42. The Labute approximate surface area is 223 Å². The van der Waals surface area contributed by atoms with Gasteiger partial charge in [-0.3, -0.25) is 10.00 Å². The summed E-state index contributed by atoms with van der Waals surface area (Å²) in [6.45, 7) is 13.2. The average molecular weight is 531 g/mol. The van der Waals surface area contributed by atoms with Gasteiger partial charge in [-0.2, -0.15) is 5.10 Å². The lowest BCUT2D eigenvalue weighted by Crippen LogP contribution is -2.62. The number of aromatic amines is 1. The zero-order valence-corrected chi connectivity index (χ0v) is 23.0. The summed E-state index contributed by atoms with van der Waals surface area (Å²) in [5.74, 6) is 0.902. The van der Waals surface area contributed by atoms with Gasteiger partial charge < -0.3 is 24.6 Å². The van der Waals surface area contributed by atoms with Gasteiger partial charge in [-0.15, -0.1) is 0 Å². The molecule has 0 aromatic carbocycles. The number of halogens is 1. The Bertz CT molecular complexity index is 1150. The second-order valence-electron chi connectivity index (χ2n) is 11.3. The van der Waals surface area contributed by atoms with Crippen LogP contribution in [0.4, 0.5) is 20.8 Å². The third-order valence-corrected chi connectivity index (χ3v) is 8.20. The Morgan fingerprint density at radius 2 is 2.00 bits per heavy atom. The lowest BCUT2D eigenvalue weighted by atomic mass is 9.97. The fourth-order valence-corrected chi connectivity index (χ4v) is 5.86. The van der Waals surface area contributed by atoms with Crippen LogP contribution in [0.15, 0.2) is 6.20 Å². The maximum Gasteiger partial charge on any atom is 0.321 e. The SMILES string of the molecule is COCc1ncc(F)c(Nc2n[nH]c3c2CN(C(=O)N2C[C@@H](C)N(CC4CCOCC4)C[C@@H]2C)C3(C)C)n1. The van der Waals surface area contributed by atoms with E-state index in [1.165, 1.54) is 7.11 Å². The number of hydrogen-bond donors (Lipinski definition) is 2. The van der Waals surface area contributed by atoms with E-state index < -0.39 is 11.4 Å². The molecule has 3 aliphatic heterocycles. The quantitative estimate of drug-likeness (QED) is 0.586. The van der Waals surface area contributed by atoms with Crippen molar-refractivity contribution in [1.82, 2.24) is 34.9 Å². The van der Waals surface area contributed by atoms with Crippen LogP contribution in [0, 0.1) is 11.7 Å². The Kier molecular flexibility index (Phi) is 7.56. The van der Waals surface area contributed by atoms with E-state index in [-0.39, 0.29) is 30.5 Å². The molecule has 2 saturated heterocycles. The lowest BCUT2D eigenvalue weighted by molar-refractivity contribution is 0.00882. The molecule has 11 nitrogen and oxygen atoms in total. The number of ether oxygens (including phenoxy) is 2. The van der Waals surface area contributed by atoms with Gasteiger partial charge in [0.2, 0.25) is 0 Å². The number of aromatic nitrogens is 4. The van der Waals surface area contributed by atoms with Crippen molar-refractivity contribution >= 4 is 17.7 Å². The Hall–Kier alpha value is -2.83. The van der Waals surface area contributed by atoms with Crippen LogP contribution >= 0.6 is 0 Å². The maximum absolute atomic E-state index is 14.5. The monoisotopic (exact) mass is 530 g/mol. The van der Waals surface area contributed by atoms with Gasteiger partial charge in [0.1, 0.15) is 6.61 Å². The molecule has 12 heteroatoms. The fraction of sp³-hybridized carbons (Fsp3) is 0.692. The molecule has 0 radical (unpaired) electrons. The Morgan fingerprint density at radius 3 is 2.74 bits per heavy atom. The first-order valence-electron chi connectivity index (χ1n) is 13.4. The molecule has 5 rings (SSSR count). The van der Waals surface area contributed by atoms with Crippen LogP contribution < -0.4 is 5.32 Å². The third kappa shape index (κ3) is 5.08. The topological polar surface area (TPSA) is 112 Å². The van der Waals surface area contributed by atoms with Crippen molar-refractivity contribution in [1.29, 1.82) is 0 Å². The normalized spacial score (nSPS) is 24.1. The molecule has 0 spiro atoms. The van der Waals surface area contributed by atoms with E-state index in [1.807, 2.05) is 23.6 Å². The fourth-order valence-electron chi connectivity index (χ4n) is 5.86. The molecule has 2 aromatic rings. The smallest absolute Gasteiger partial charge is 0.321 e. The van der Waals surface area contributed by atoms with Gasteiger partial charge >= 0.3 is 6.03 Å². The summed E-state index contributed by atoms with van der Waals surface area (Å²) < 4.78 is 25.1. The van der Waals surface area contributed by atoms with Crippen LogP contribution in [0.5, 0.6) is 0 Å². The minimum Gasteiger partial charge on any atom is -0.381 e. The van der Waals surface area contributed by atoms with Crippen molar-refractivity contribution in [3.8, 4) is 0 Å². The van der Waals surface area contributed by atoms with E-state index in [0.29, 0.717) is 30.6 Å². The van der Waals surface area contributed by atoms with Gasteiger partial charge in [-0.25, -0.2) is 19.2 Å². The molecule has 5 heterocycles. The summed E-state index contributed by atoms with van der Waals surface area (Å²) in [6, 6.07) is 0.381. The minimum atomic E-state index is -0.604. The van der Waals surface area contributed by atoms with E-state index in [2.05, 4.69) is 44.2 Å². The van der Waals surface area contributed by atoms with Crippen molar-refractivity contribution in [2.45, 2.75) is 71.3 Å². The Balaban J connectivity index is 1.29. The standard InChI is InChI=1S/C26H39FN8O3/c1-16-12-34(17(2)11-33(16)13-18-6-8-38-9-7-18)25(36)35-14-19-22(26(35,3)4)31-32-23(19)30-24-20(27)10-28-21(29-24)15-37-5/h10,16-18H,6-9,11-15H2,1-5H3,(H2,28,29,30,31,32)/t16-,17+/m1/s1. The zero-order chi connectivity index (χ0) is 27.0. The third-order valence-electron chi connectivity index (χ3n) is 8.20. The summed E-state index contributed by atoms with van der Waals surface area (Å²) >= 11 is 0. The Morgan fingerprint density at radius 1 is 1.24 bits per heavy atom. The van der Waals surface area contributed by atoms with Gasteiger partial charge in [0.15, 0.2) is 23.3 Å². The van der Waals surface area contributed by atoms with Crippen LogP contribution in [-0.2, 0) is 28.2 Å². The van der Waals surface area contributed by atoms with E-state index in [1.54, 1.807) is 0 Å². The first-order chi connectivity index (χ1) is 18.2. The number of amides is 2. The lowest BCUT2D eigenvalue weighted by Gasteiger charge is -2.47. The zero-order valence-electron chi connectivity index (χ0n) is 23.0. The second kappa shape index (κ2) is 10.7. The van der Waals surface area contributed by atoms with Crippen molar-refractivity contribution in [3.63, 3.8) is 0 Å². The highest BCUT2D eigenvalue weighted by atomic mass is 19.1. The number of fused-ring (bicyclic) bond motifs is 1. The van der Waals surface area contributed by atoms with Gasteiger partial charge in [0.05, 0.1) is 24.0 Å². The number of anilines is 2. The molecule has 3 aliphatic rings. The summed E-state index contributed by atoms with van der Waals surface area (Å²) in [7, 11) is 1.53. The molecule has 0 aliphatic carbocycles. The number of methoxy groups -OCH3 is 1. The molecule has 2 fully saturated rings. The van der Waals surface area contributed by atoms with Crippen LogP contribution in [0.3, 0.4) is 0 Å². The highest BCUT2D eigenvalue weighted by Gasteiger charge is 2.47. The van der Waals surface area contributed by atoms with Gasteiger partial charge in [0, 0.05) is 57.6 Å². The summed E-state index contributed by atoms with van der Waals surface area (Å²) in [5, 5.41) is 10.5. The first-order valence-corrected chi connectivity index (χ1v) is 13.4. The molecule has 38 heavy (non-hydrogen) atoms. The van der Waals surface area contributed by atoms with Gasteiger partial charge in [0.25, 0.3) is 0 Å². The van der Waals surface area contributed by atoms with Crippen LogP contribution in [-0.4, -0.2) is 92.9 Å². The first kappa shape index (κ1) is 26.8. The number of piperazine rings is 1. The molecule has 2 amide bonds. The van der Waals surface area contributed by atoms with Crippen LogP contribution in [0.25, 0.3) is 0 Å². The number of carbonyl (C=O) groups excluding carboxylic acids is 1. The van der Waals surface area contributed by atoms with E-state index in [0.717, 1.165) is 56.6 Å². The van der Waals surface area contributed by atoms with E-state index in [9.17, 15) is 9.18 Å². The number of urea groups is 1. The van der Waals surface area contributed by atoms with E-state index >= 15 is 0 Å². The number of nitrogens with zero attached hydrogens (tertiary/aromatic N) is 6. The highest BCUT2D eigenvalue weighted by molar-refractivity contribution is 5.78. The number of nitrogens with one attached hydrogen (secondary N) is 2. The van der Waals surface area contributed by atoms with E-state index in [4.69, 9.17) is 9.47 Å². The van der Waals surface area contributed by atoms with Crippen LogP contribution in [0.2, 0.25) is 0 Å². The molecular formula is C26H39FN8O3. The predicted molar refractivity (Wildman–Crippen MR) is 139 cm³/mol. The summed E-state index contributed by atoms with van der Waals surface area (Å²) in [4.78, 5) is 28.5. The molecule has 0 saturated carbocycles. The largest absolute Gasteiger partial charge is 0.381 e. The van der Waals surface area contributed by atoms with Gasteiger partial charge in [-0.05, 0) is 46.5 Å². The predicted octanol–water partition coefficient (Wildman–Crippen LogP) is 3.22.